The van der Waals surface area contributed by atoms with Crippen molar-refractivity contribution in [3.05, 3.63) is 0 Å². The molecule has 1 amide bonds. The third kappa shape index (κ3) is 34.8. The highest BCUT2D eigenvalue weighted by Crippen LogP contribution is 2.17. The smallest absolute Gasteiger partial charge is 0.249 e. The van der Waals surface area contributed by atoms with Crippen molar-refractivity contribution in [2.75, 3.05) is 6.61 Å². The van der Waals surface area contributed by atoms with E-state index in [-0.39, 0.29) is 0 Å². The zero-order valence-corrected chi connectivity index (χ0v) is 34.4. The summed E-state index contributed by atoms with van der Waals surface area (Å²) in [5.41, 5.74) is 0. The average molecular weight is 726 g/mol. The molecule has 5 N–H and O–H groups in total. The number of aliphatic hydroxyl groups is 4. The summed E-state index contributed by atoms with van der Waals surface area (Å²) in [6, 6.07) is -0.978. The van der Waals surface area contributed by atoms with Crippen LogP contribution in [0.15, 0.2) is 0 Å². The average Bonchev–Trinajstić information content (AvgIpc) is 3.13. The predicted molar refractivity (Wildman–Crippen MR) is 219 cm³/mol. The minimum absolute atomic E-state index is 0.375. The van der Waals surface area contributed by atoms with E-state index in [4.69, 9.17) is 0 Å². The summed E-state index contributed by atoms with van der Waals surface area (Å²) in [7, 11) is 0. The van der Waals surface area contributed by atoms with Gasteiger partial charge in [-0.3, -0.25) is 4.79 Å². The van der Waals surface area contributed by atoms with Crippen LogP contribution in [0.5, 0.6) is 0 Å². The van der Waals surface area contributed by atoms with Crippen LogP contribution in [0.2, 0.25) is 0 Å². The molecule has 0 heterocycles. The van der Waals surface area contributed by atoms with E-state index in [0.717, 1.165) is 38.5 Å². The molecular weight excluding hydrogens is 634 g/mol. The van der Waals surface area contributed by atoms with Gasteiger partial charge in [-0.1, -0.05) is 239 Å². The van der Waals surface area contributed by atoms with E-state index in [0.29, 0.717) is 12.8 Å². The third-order valence-corrected chi connectivity index (χ3v) is 11.1. The molecule has 0 fully saturated rings. The first-order chi connectivity index (χ1) is 25.0. The van der Waals surface area contributed by atoms with Crippen molar-refractivity contribution in [1.29, 1.82) is 0 Å². The number of carbonyl (C=O) groups excluding carboxylic acids is 1. The summed E-state index contributed by atoms with van der Waals surface area (Å²) in [6.07, 6.45) is 42.7. The van der Waals surface area contributed by atoms with Crippen molar-refractivity contribution in [3.8, 4) is 0 Å². The van der Waals surface area contributed by atoms with Gasteiger partial charge >= 0.3 is 0 Å². The van der Waals surface area contributed by atoms with Crippen LogP contribution in [0.3, 0.4) is 0 Å². The highest BCUT2D eigenvalue weighted by Gasteiger charge is 2.28. The Morgan fingerprint density at radius 2 is 0.667 bits per heavy atom. The molecule has 4 unspecified atom stereocenters. The second-order valence-corrected chi connectivity index (χ2v) is 16.1. The molecular formula is C45H91NO5. The Bertz CT molecular complexity index is 692. The van der Waals surface area contributed by atoms with Crippen LogP contribution in [-0.2, 0) is 4.79 Å². The molecule has 51 heavy (non-hydrogen) atoms. The molecule has 0 bridgehead atoms. The lowest BCUT2D eigenvalue weighted by Gasteiger charge is -2.27. The summed E-state index contributed by atoms with van der Waals surface area (Å²) < 4.78 is 0. The lowest BCUT2D eigenvalue weighted by molar-refractivity contribution is -0.132. The molecule has 6 heteroatoms. The van der Waals surface area contributed by atoms with Crippen molar-refractivity contribution in [3.63, 3.8) is 0 Å². The first-order valence-electron chi connectivity index (χ1n) is 22.9. The largest absolute Gasteiger partial charge is 0.394 e. The number of carbonyl (C=O) groups is 1. The molecule has 0 rings (SSSR count). The SMILES string of the molecule is CCCCCCCCCCCCCCCCCCCCCC(O)C(O)C(CO)NC(=O)C(O)CCCCCCCCCCCCCCCCCC. The van der Waals surface area contributed by atoms with Crippen LogP contribution in [0.1, 0.15) is 251 Å². The third-order valence-electron chi connectivity index (χ3n) is 11.1. The van der Waals surface area contributed by atoms with Gasteiger partial charge in [0.2, 0.25) is 5.91 Å². The van der Waals surface area contributed by atoms with Gasteiger partial charge in [-0.2, -0.15) is 0 Å². The molecule has 0 aromatic carbocycles. The lowest BCUT2D eigenvalue weighted by atomic mass is 9.99. The predicted octanol–water partition coefficient (Wildman–Crippen LogP) is 12.0. The minimum Gasteiger partial charge on any atom is -0.394 e. The second-order valence-electron chi connectivity index (χ2n) is 16.1. The Labute approximate surface area is 318 Å². The maximum atomic E-state index is 12.5. The number of unbranched alkanes of at least 4 members (excludes halogenated alkanes) is 33. The van der Waals surface area contributed by atoms with Gasteiger partial charge in [-0.05, 0) is 12.8 Å². The normalized spacial score (nSPS) is 14.1. The number of amides is 1. The van der Waals surface area contributed by atoms with Crippen LogP contribution in [0, 0.1) is 0 Å². The maximum absolute atomic E-state index is 12.5. The first-order valence-corrected chi connectivity index (χ1v) is 22.9. The van der Waals surface area contributed by atoms with Gasteiger partial charge in [-0.25, -0.2) is 0 Å². The Morgan fingerprint density at radius 3 is 0.941 bits per heavy atom. The number of hydrogen-bond donors (Lipinski definition) is 5. The fourth-order valence-electron chi connectivity index (χ4n) is 7.41. The minimum atomic E-state index is -1.25. The van der Waals surface area contributed by atoms with Gasteiger partial charge in [-0.15, -0.1) is 0 Å². The van der Waals surface area contributed by atoms with Crippen LogP contribution < -0.4 is 5.32 Å². The zero-order valence-electron chi connectivity index (χ0n) is 34.4. The molecule has 0 aromatic rings. The number of hydrogen-bond acceptors (Lipinski definition) is 5. The number of nitrogens with one attached hydrogen (secondary N) is 1. The summed E-state index contributed by atoms with van der Waals surface area (Å²) in [6.45, 7) is 4.07. The number of aliphatic hydroxyl groups excluding tert-OH is 4. The molecule has 306 valence electrons. The van der Waals surface area contributed by atoms with E-state index >= 15 is 0 Å². The molecule has 0 saturated carbocycles. The molecule has 0 aromatic heterocycles. The lowest BCUT2D eigenvalue weighted by Crippen LogP contribution is -2.53. The van der Waals surface area contributed by atoms with Gasteiger partial charge < -0.3 is 25.7 Å². The monoisotopic (exact) mass is 726 g/mol. The maximum Gasteiger partial charge on any atom is 0.249 e. The van der Waals surface area contributed by atoms with E-state index in [1.165, 1.54) is 186 Å². The molecule has 0 radical (unpaired) electrons. The van der Waals surface area contributed by atoms with Crippen molar-refractivity contribution in [2.24, 2.45) is 0 Å². The van der Waals surface area contributed by atoms with E-state index in [1.54, 1.807) is 0 Å². The van der Waals surface area contributed by atoms with Crippen molar-refractivity contribution < 1.29 is 25.2 Å². The summed E-state index contributed by atoms with van der Waals surface area (Å²) >= 11 is 0. The van der Waals surface area contributed by atoms with Gasteiger partial charge in [0.1, 0.15) is 12.2 Å². The quantitative estimate of drug-likeness (QED) is 0.0402. The van der Waals surface area contributed by atoms with Gasteiger partial charge in [0.25, 0.3) is 0 Å². The Morgan fingerprint density at radius 1 is 0.412 bits per heavy atom. The van der Waals surface area contributed by atoms with Crippen LogP contribution in [0.4, 0.5) is 0 Å². The molecule has 0 aliphatic heterocycles. The molecule has 0 spiro atoms. The van der Waals surface area contributed by atoms with Crippen LogP contribution >= 0.6 is 0 Å². The standard InChI is InChI=1S/C45H91NO5/c1-3-5-7-9-11-13-15-17-19-21-22-23-25-26-28-30-32-34-36-38-42(48)44(50)41(40-47)46-45(51)43(49)39-37-35-33-31-29-27-24-20-18-16-14-12-10-8-6-4-2/h41-44,47-50H,3-40H2,1-2H3,(H,46,51). The van der Waals surface area contributed by atoms with E-state index in [2.05, 4.69) is 19.2 Å². The van der Waals surface area contributed by atoms with Gasteiger partial charge in [0.15, 0.2) is 0 Å². The molecule has 0 saturated heterocycles. The fraction of sp³-hybridized carbons (Fsp3) is 0.978. The van der Waals surface area contributed by atoms with E-state index in [1.807, 2.05) is 0 Å². The summed E-state index contributed by atoms with van der Waals surface area (Å²) in [4.78, 5) is 12.5. The summed E-state index contributed by atoms with van der Waals surface area (Å²) in [5.74, 6) is -0.579. The molecule has 0 aliphatic carbocycles. The van der Waals surface area contributed by atoms with Crippen molar-refractivity contribution >= 4 is 5.91 Å². The fourth-order valence-corrected chi connectivity index (χ4v) is 7.41. The van der Waals surface area contributed by atoms with Gasteiger partial charge in [0.05, 0.1) is 18.8 Å². The first kappa shape index (κ1) is 50.3. The van der Waals surface area contributed by atoms with E-state index in [9.17, 15) is 25.2 Å². The molecule has 0 aliphatic rings. The van der Waals surface area contributed by atoms with Gasteiger partial charge in [0, 0.05) is 0 Å². The second kappa shape index (κ2) is 40.5. The van der Waals surface area contributed by atoms with Crippen molar-refractivity contribution in [1.82, 2.24) is 5.32 Å². The Kier molecular flexibility index (Phi) is 39.9. The highest BCUT2D eigenvalue weighted by atomic mass is 16.3. The molecule has 6 nitrogen and oxygen atoms in total. The highest BCUT2D eigenvalue weighted by molar-refractivity contribution is 5.80. The van der Waals surface area contributed by atoms with E-state index < -0.39 is 36.9 Å². The van der Waals surface area contributed by atoms with Crippen LogP contribution in [-0.4, -0.2) is 57.3 Å². The zero-order chi connectivity index (χ0) is 37.5. The van der Waals surface area contributed by atoms with Crippen LogP contribution in [0.25, 0.3) is 0 Å². The Balaban J connectivity index is 3.68. The van der Waals surface area contributed by atoms with Crippen molar-refractivity contribution in [2.45, 2.75) is 276 Å². The summed E-state index contributed by atoms with van der Waals surface area (Å²) in [5, 5.41) is 43.7. The number of rotatable bonds is 42. The Hall–Kier alpha value is -0.690. The topological polar surface area (TPSA) is 110 Å². The molecule has 4 atom stereocenters.